The molecule has 0 atom stereocenters. The van der Waals surface area contributed by atoms with Gasteiger partial charge < -0.3 is 9.80 Å². The van der Waals surface area contributed by atoms with E-state index in [9.17, 15) is 0 Å². The van der Waals surface area contributed by atoms with Crippen molar-refractivity contribution >= 4 is 17.4 Å². The fourth-order valence-corrected chi connectivity index (χ4v) is 4.96. The molecule has 4 heterocycles. The number of benzene rings is 1. The third-order valence-electron chi connectivity index (χ3n) is 6.49. The molecule has 2 aromatic heterocycles. The van der Waals surface area contributed by atoms with E-state index in [0.717, 1.165) is 74.6 Å². The number of hydrogen-bond acceptors (Lipinski definition) is 6. The van der Waals surface area contributed by atoms with Crippen molar-refractivity contribution in [1.82, 2.24) is 29.5 Å². The van der Waals surface area contributed by atoms with Gasteiger partial charge in [0.05, 0.1) is 12.2 Å². The molecule has 8 heteroatoms. The van der Waals surface area contributed by atoms with Crippen molar-refractivity contribution in [2.24, 2.45) is 0 Å². The first-order valence-corrected chi connectivity index (χ1v) is 11.7. The molecule has 0 aliphatic carbocycles. The minimum absolute atomic E-state index is 0.382. The maximum atomic E-state index is 6.39. The van der Waals surface area contributed by atoms with Gasteiger partial charge in [-0.15, -0.1) is 10.2 Å². The van der Waals surface area contributed by atoms with Crippen LogP contribution in [0.5, 0.6) is 0 Å². The van der Waals surface area contributed by atoms with Crippen LogP contribution in [0.4, 0.5) is 5.82 Å². The molecular weight excluding hydrogens is 422 g/mol. The lowest BCUT2D eigenvalue weighted by molar-refractivity contribution is 0.224. The number of piperidine rings is 1. The fourth-order valence-electron chi connectivity index (χ4n) is 4.76. The van der Waals surface area contributed by atoms with E-state index in [1.807, 2.05) is 18.3 Å². The lowest BCUT2D eigenvalue weighted by Gasteiger charge is -2.32. The van der Waals surface area contributed by atoms with Gasteiger partial charge in [0.1, 0.15) is 11.6 Å². The summed E-state index contributed by atoms with van der Waals surface area (Å²) in [7, 11) is 4.22. The number of aromatic nitrogens is 4. The number of fused-ring (bicyclic) bond motifs is 3. The van der Waals surface area contributed by atoms with Gasteiger partial charge in [0.15, 0.2) is 5.82 Å². The number of rotatable bonds is 5. The van der Waals surface area contributed by atoms with Gasteiger partial charge in [0.2, 0.25) is 0 Å². The SMILES string of the molecule is CN(C)CCN1Cc2cc(Cl)ccc2-n2c(nnc2C2CCN(c3ccccn3)CC2)C1. The average molecular weight is 452 g/mol. The second-order valence-electron chi connectivity index (χ2n) is 9.05. The van der Waals surface area contributed by atoms with E-state index in [0.29, 0.717) is 5.92 Å². The van der Waals surface area contributed by atoms with Gasteiger partial charge in [-0.05, 0) is 62.8 Å². The van der Waals surface area contributed by atoms with Crippen molar-refractivity contribution in [1.29, 1.82) is 0 Å². The summed E-state index contributed by atoms with van der Waals surface area (Å²) in [6.45, 7) is 5.59. The van der Waals surface area contributed by atoms with Crippen molar-refractivity contribution in [2.45, 2.75) is 31.8 Å². The number of hydrogen-bond donors (Lipinski definition) is 0. The van der Waals surface area contributed by atoms with E-state index < -0.39 is 0 Å². The Kier molecular flexibility index (Phi) is 6.13. The summed E-state index contributed by atoms with van der Waals surface area (Å²) in [5, 5.41) is 10.2. The van der Waals surface area contributed by atoms with Crippen LogP contribution in [0.3, 0.4) is 0 Å². The highest BCUT2D eigenvalue weighted by Crippen LogP contribution is 2.34. The Morgan fingerprint density at radius 1 is 1.06 bits per heavy atom. The zero-order valence-corrected chi connectivity index (χ0v) is 19.5. The molecule has 0 spiro atoms. The van der Waals surface area contributed by atoms with Crippen LogP contribution in [-0.4, -0.2) is 69.8 Å². The number of likely N-dealkylation sites (N-methyl/N-ethyl adjacent to an activating group) is 1. The molecule has 5 rings (SSSR count). The zero-order chi connectivity index (χ0) is 22.1. The molecule has 2 aliphatic rings. The second-order valence-corrected chi connectivity index (χ2v) is 9.48. The molecule has 0 unspecified atom stereocenters. The zero-order valence-electron chi connectivity index (χ0n) is 18.8. The predicted octanol–water partition coefficient (Wildman–Crippen LogP) is 3.58. The lowest BCUT2D eigenvalue weighted by Crippen LogP contribution is -2.34. The Morgan fingerprint density at radius 2 is 1.91 bits per heavy atom. The first-order chi connectivity index (χ1) is 15.6. The molecule has 168 valence electrons. The third-order valence-corrected chi connectivity index (χ3v) is 6.73. The molecule has 7 nitrogen and oxygen atoms in total. The molecule has 1 saturated heterocycles. The molecule has 0 saturated carbocycles. The van der Waals surface area contributed by atoms with Crippen LogP contribution in [-0.2, 0) is 13.1 Å². The van der Waals surface area contributed by atoms with Crippen molar-refractivity contribution in [3.63, 3.8) is 0 Å². The summed E-state index contributed by atoms with van der Waals surface area (Å²) in [5.74, 6) is 3.54. The van der Waals surface area contributed by atoms with Crippen molar-refractivity contribution in [3.05, 3.63) is 64.8 Å². The Hall–Kier alpha value is -2.48. The maximum Gasteiger partial charge on any atom is 0.151 e. The molecule has 0 radical (unpaired) electrons. The molecule has 0 N–H and O–H groups in total. The molecule has 1 fully saturated rings. The van der Waals surface area contributed by atoms with Crippen LogP contribution in [0.25, 0.3) is 5.69 Å². The Balaban J connectivity index is 1.42. The topological polar surface area (TPSA) is 53.3 Å². The van der Waals surface area contributed by atoms with Gasteiger partial charge >= 0.3 is 0 Å². The van der Waals surface area contributed by atoms with Crippen molar-refractivity contribution < 1.29 is 0 Å². The highest BCUT2D eigenvalue weighted by Gasteiger charge is 2.30. The number of anilines is 1. The van der Waals surface area contributed by atoms with Crippen LogP contribution in [0.15, 0.2) is 42.6 Å². The van der Waals surface area contributed by atoms with E-state index in [-0.39, 0.29) is 0 Å². The van der Waals surface area contributed by atoms with Crippen molar-refractivity contribution in [3.8, 4) is 5.69 Å². The summed E-state index contributed by atoms with van der Waals surface area (Å²) >= 11 is 6.39. The van der Waals surface area contributed by atoms with E-state index in [1.54, 1.807) is 0 Å². The first-order valence-electron chi connectivity index (χ1n) is 11.3. The highest BCUT2D eigenvalue weighted by molar-refractivity contribution is 6.30. The largest absolute Gasteiger partial charge is 0.357 e. The fraction of sp³-hybridized carbons (Fsp3) is 0.458. The van der Waals surface area contributed by atoms with Gasteiger partial charge in [-0.2, -0.15) is 0 Å². The minimum Gasteiger partial charge on any atom is -0.357 e. The minimum atomic E-state index is 0.382. The number of halogens is 1. The third kappa shape index (κ3) is 4.37. The molecule has 32 heavy (non-hydrogen) atoms. The van der Waals surface area contributed by atoms with Crippen LogP contribution >= 0.6 is 11.6 Å². The van der Waals surface area contributed by atoms with Crippen LogP contribution in [0, 0.1) is 0 Å². The van der Waals surface area contributed by atoms with E-state index in [2.05, 4.69) is 67.7 Å². The van der Waals surface area contributed by atoms with E-state index in [4.69, 9.17) is 16.7 Å². The molecule has 3 aromatic rings. The van der Waals surface area contributed by atoms with Crippen LogP contribution < -0.4 is 4.90 Å². The molecule has 1 aromatic carbocycles. The Labute approximate surface area is 194 Å². The number of pyridine rings is 1. The monoisotopic (exact) mass is 451 g/mol. The molecular formula is C24H30ClN7. The van der Waals surface area contributed by atoms with Gasteiger partial charge in [-0.3, -0.25) is 9.47 Å². The summed E-state index contributed by atoms with van der Waals surface area (Å²) in [6, 6.07) is 12.3. The van der Waals surface area contributed by atoms with Gasteiger partial charge in [0.25, 0.3) is 0 Å². The van der Waals surface area contributed by atoms with Gasteiger partial charge in [0, 0.05) is 49.9 Å². The van der Waals surface area contributed by atoms with Gasteiger partial charge in [-0.25, -0.2) is 4.98 Å². The van der Waals surface area contributed by atoms with E-state index in [1.165, 1.54) is 11.3 Å². The molecule has 2 aliphatic heterocycles. The first kappa shape index (κ1) is 21.4. The maximum absolute atomic E-state index is 6.39. The highest BCUT2D eigenvalue weighted by atomic mass is 35.5. The average Bonchev–Trinajstić information content (AvgIpc) is 3.14. The summed E-state index contributed by atoms with van der Waals surface area (Å²) < 4.78 is 2.31. The summed E-state index contributed by atoms with van der Waals surface area (Å²) in [6.07, 6.45) is 3.95. The number of nitrogens with zero attached hydrogens (tertiary/aromatic N) is 7. The van der Waals surface area contributed by atoms with Crippen molar-refractivity contribution in [2.75, 3.05) is 45.2 Å². The standard InChI is InChI=1S/C24H30ClN7/c1-29(2)13-14-30-16-19-15-20(25)6-7-21(19)32-23(17-30)27-28-24(32)18-8-11-31(12-9-18)22-5-3-4-10-26-22/h3-7,10,15,18H,8-9,11-14,16-17H2,1-2H3. The second kappa shape index (κ2) is 9.17. The van der Waals surface area contributed by atoms with Crippen LogP contribution in [0.1, 0.15) is 36.0 Å². The molecule has 0 amide bonds. The van der Waals surface area contributed by atoms with Gasteiger partial charge in [-0.1, -0.05) is 17.7 Å². The lowest BCUT2D eigenvalue weighted by atomic mass is 9.95. The smallest absolute Gasteiger partial charge is 0.151 e. The van der Waals surface area contributed by atoms with Crippen LogP contribution in [0.2, 0.25) is 5.02 Å². The summed E-state index contributed by atoms with van der Waals surface area (Å²) in [4.78, 5) is 11.5. The quantitative estimate of drug-likeness (QED) is 0.591. The summed E-state index contributed by atoms with van der Waals surface area (Å²) in [5.41, 5.74) is 2.41. The normalized spacial score (nSPS) is 17.3. The van der Waals surface area contributed by atoms with E-state index >= 15 is 0 Å². The predicted molar refractivity (Wildman–Crippen MR) is 127 cm³/mol. The Bertz CT molecular complexity index is 1060. The molecule has 0 bridgehead atoms. The Morgan fingerprint density at radius 3 is 2.66 bits per heavy atom.